The number of rotatable bonds is 5. The number of hydrogen-bond donors (Lipinski definition) is 2. The minimum absolute atomic E-state index is 0.0539. The lowest BCUT2D eigenvalue weighted by atomic mass is 10.2. The van der Waals surface area contributed by atoms with Gasteiger partial charge in [0.2, 0.25) is 5.91 Å². The lowest BCUT2D eigenvalue weighted by molar-refractivity contribution is -0.115. The molecule has 0 bridgehead atoms. The van der Waals surface area contributed by atoms with Gasteiger partial charge in [0.1, 0.15) is 17.3 Å². The Kier molecular flexibility index (Phi) is 4.94. The number of aryl methyl sites for hydroxylation is 1. The molecule has 1 heterocycles. The molecule has 1 aromatic carbocycles. The number of benzene rings is 1. The molecule has 0 unspecified atom stereocenters. The molecule has 21 heavy (non-hydrogen) atoms. The highest BCUT2D eigenvalue weighted by Crippen LogP contribution is 2.17. The van der Waals surface area contributed by atoms with E-state index in [1.54, 1.807) is 6.20 Å². The first kappa shape index (κ1) is 15.1. The second-order valence-corrected chi connectivity index (χ2v) is 4.56. The molecule has 1 amide bonds. The van der Waals surface area contributed by atoms with Crippen molar-refractivity contribution in [2.24, 2.45) is 0 Å². The molecule has 0 saturated carbocycles. The Morgan fingerprint density at radius 2 is 1.90 bits per heavy atom. The first-order chi connectivity index (χ1) is 10.1. The van der Waals surface area contributed by atoms with Gasteiger partial charge in [0.05, 0.1) is 6.54 Å². The monoisotopic (exact) mass is 291 g/mol. The number of amides is 1. The molecule has 0 spiro atoms. The van der Waals surface area contributed by atoms with Gasteiger partial charge in [0.25, 0.3) is 0 Å². The number of para-hydroxylation sites is 1. The Morgan fingerprint density at radius 3 is 2.52 bits per heavy atom. The summed E-state index contributed by atoms with van der Waals surface area (Å²) in [5, 5.41) is 5.09. The number of pyridine rings is 1. The number of aromatic nitrogens is 1. The van der Waals surface area contributed by atoms with Gasteiger partial charge < -0.3 is 10.6 Å². The number of nitrogens with zero attached hydrogens (tertiary/aromatic N) is 1. The summed E-state index contributed by atoms with van der Waals surface area (Å²) < 4.78 is 26.7. The summed E-state index contributed by atoms with van der Waals surface area (Å²) in [7, 11) is 0. The molecule has 0 aliphatic rings. The summed E-state index contributed by atoms with van der Waals surface area (Å²) in [5.41, 5.74) is 1.40. The van der Waals surface area contributed by atoms with Crippen LogP contribution in [-0.2, 0) is 11.3 Å². The number of carbonyl (C=O) groups is 1. The highest BCUT2D eigenvalue weighted by Gasteiger charge is 2.11. The summed E-state index contributed by atoms with van der Waals surface area (Å²) in [4.78, 5) is 15.8. The lowest BCUT2D eigenvalue weighted by Crippen LogP contribution is -2.28. The van der Waals surface area contributed by atoms with Crippen molar-refractivity contribution >= 4 is 11.6 Å². The molecule has 2 rings (SSSR count). The van der Waals surface area contributed by atoms with Gasteiger partial charge in [-0.05, 0) is 30.7 Å². The predicted molar refractivity (Wildman–Crippen MR) is 75.7 cm³/mol. The molecule has 2 N–H and O–H groups in total. The Morgan fingerprint density at radius 1 is 1.19 bits per heavy atom. The minimum atomic E-state index is -0.800. The molecule has 0 saturated heterocycles. The van der Waals surface area contributed by atoms with Gasteiger partial charge >= 0.3 is 0 Å². The molecule has 0 radical (unpaired) electrons. The smallest absolute Gasteiger partial charge is 0.238 e. The van der Waals surface area contributed by atoms with Crippen LogP contribution in [0.2, 0.25) is 0 Å². The van der Waals surface area contributed by atoms with Crippen LogP contribution in [0.25, 0.3) is 0 Å². The number of hydrogen-bond acceptors (Lipinski definition) is 3. The molecule has 0 atom stereocenters. The van der Waals surface area contributed by atoms with Crippen molar-refractivity contribution in [2.45, 2.75) is 13.5 Å². The summed E-state index contributed by atoms with van der Waals surface area (Å²) in [6.07, 6.45) is 1.71. The van der Waals surface area contributed by atoms with Gasteiger partial charge in [-0.3, -0.25) is 9.78 Å². The number of carbonyl (C=O) groups excluding carboxylic acids is 1. The molecule has 110 valence electrons. The summed E-state index contributed by atoms with van der Waals surface area (Å²) in [6.45, 7) is 2.27. The Hall–Kier alpha value is -2.34. The third-order valence-electron chi connectivity index (χ3n) is 2.81. The highest BCUT2D eigenvalue weighted by atomic mass is 19.1. The van der Waals surface area contributed by atoms with Crippen LogP contribution in [0.5, 0.6) is 0 Å². The minimum Gasteiger partial charge on any atom is -0.320 e. The fourth-order valence-corrected chi connectivity index (χ4v) is 1.72. The fraction of sp³-hybridized carbons (Fsp3) is 0.200. The van der Waals surface area contributed by atoms with E-state index in [1.807, 2.05) is 19.1 Å². The molecule has 0 aliphatic heterocycles. The Labute approximate surface area is 121 Å². The maximum Gasteiger partial charge on any atom is 0.238 e. The van der Waals surface area contributed by atoms with Gasteiger partial charge in [-0.1, -0.05) is 12.1 Å². The van der Waals surface area contributed by atoms with Crippen LogP contribution >= 0.6 is 0 Å². The predicted octanol–water partition coefficient (Wildman–Crippen LogP) is 2.40. The van der Waals surface area contributed by atoms with Crippen LogP contribution in [-0.4, -0.2) is 17.4 Å². The zero-order valence-electron chi connectivity index (χ0n) is 11.5. The van der Waals surface area contributed by atoms with Crippen LogP contribution in [0.1, 0.15) is 11.3 Å². The van der Waals surface area contributed by atoms with E-state index in [0.717, 1.165) is 23.4 Å². The van der Waals surface area contributed by atoms with Crippen molar-refractivity contribution in [2.75, 3.05) is 11.9 Å². The lowest BCUT2D eigenvalue weighted by Gasteiger charge is -2.08. The maximum atomic E-state index is 13.4. The average molecular weight is 291 g/mol. The van der Waals surface area contributed by atoms with E-state index in [-0.39, 0.29) is 6.54 Å². The van der Waals surface area contributed by atoms with Crippen molar-refractivity contribution in [3.63, 3.8) is 0 Å². The van der Waals surface area contributed by atoms with Gasteiger partial charge in [0, 0.05) is 18.4 Å². The van der Waals surface area contributed by atoms with Crippen molar-refractivity contribution in [3.8, 4) is 0 Å². The van der Waals surface area contributed by atoms with Gasteiger partial charge in [-0.15, -0.1) is 0 Å². The van der Waals surface area contributed by atoms with Crippen molar-refractivity contribution in [1.82, 2.24) is 10.3 Å². The largest absolute Gasteiger partial charge is 0.320 e. The molecule has 2 aromatic rings. The summed E-state index contributed by atoms with van der Waals surface area (Å²) in [6, 6.07) is 7.17. The van der Waals surface area contributed by atoms with Gasteiger partial charge in [-0.25, -0.2) is 8.78 Å². The SMILES string of the molecule is Cc1ccc(CNCC(=O)Nc2c(F)cccc2F)cn1. The van der Waals surface area contributed by atoms with Crippen molar-refractivity contribution < 1.29 is 13.6 Å². The van der Waals surface area contributed by atoms with Crippen LogP contribution in [0.3, 0.4) is 0 Å². The first-order valence-corrected chi connectivity index (χ1v) is 6.42. The molecule has 1 aromatic heterocycles. The van der Waals surface area contributed by atoms with E-state index in [9.17, 15) is 13.6 Å². The van der Waals surface area contributed by atoms with E-state index in [1.165, 1.54) is 6.07 Å². The van der Waals surface area contributed by atoms with E-state index in [4.69, 9.17) is 0 Å². The third kappa shape index (κ3) is 4.32. The number of nitrogens with one attached hydrogen (secondary N) is 2. The summed E-state index contributed by atoms with van der Waals surface area (Å²) >= 11 is 0. The first-order valence-electron chi connectivity index (χ1n) is 6.42. The second kappa shape index (κ2) is 6.90. The van der Waals surface area contributed by atoms with Crippen LogP contribution in [0.15, 0.2) is 36.5 Å². The Bertz CT molecular complexity index is 609. The number of halogens is 2. The topological polar surface area (TPSA) is 54.0 Å². The Balaban J connectivity index is 1.84. The standard InChI is InChI=1S/C15H15F2N3O/c1-10-5-6-11(8-19-10)7-18-9-14(21)20-15-12(16)3-2-4-13(15)17/h2-6,8,18H,7,9H2,1H3,(H,20,21). The van der Waals surface area contributed by atoms with Crippen LogP contribution in [0, 0.1) is 18.6 Å². The third-order valence-corrected chi connectivity index (χ3v) is 2.81. The van der Waals surface area contributed by atoms with Crippen LogP contribution in [0.4, 0.5) is 14.5 Å². The molecule has 6 heteroatoms. The second-order valence-electron chi connectivity index (χ2n) is 4.56. The van der Waals surface area contributed by atoms with Crippen LogP contribution < -0.4 is 10.6 Å². The van der Waals surface area contributed by atoms with Gasteiger partial charge in [-0.2, -0.15) is 0 Å². The normalized spacial score (nSPS) is 10.4. The van der Waals surface area contributed by atoms with E-state index in [2.05, 4.69) is 15.6 Å². The zero-order chi connectivity index (χ0) is 15.2. The molecule has 4 nitrogen and oxygen atoms in total. The van der Waals surface area contributed by atoms with E-state index < -0.39 is 23.2 Å². The van der Waals surface area contributed by atoms with E-state index in [0.29, 0.717) is 6.54 Å². The van der Waals surface area contributed by atoms with Crippen molar-refractivity contribution in [3.05, 3.63) is 59.4 Å². The van der Waals surface area contributed by atoms with E-state index >= 15 is 0 Å². The van der Waals surface area contributed by atoms with Gasteiger partial charge in [0.15, 0.2) is 0 Å². The molecule has 0 aliphatic carbocycles. The zero-order valence-corrected chi connectivity index (χ0v) is 11.5. The number of anilines is 1. The fourth-order valence-electron chi connectivity index (χ4n) is 1.72. The van der Waals surface area contributed by atoms with Crippen molar-refractivity contribution in [1.29, 1.82) is 0 Å². The summed E-state index contributed by atoms with van der Waals surface area (Å²) in [5.74, 6) is -2.11. The maximum absolute atomic E-state index is 13.4. The quantitative estimate of drug-likeness (QED) is 0.889. The molecular weight excluding hydrogens is 276 g/mol. The molecular formula is C15H15F2N3O. The average Bonchev–Trinajstić information content (AvgIpc) is 2.45. The highest BCUT2D eigenvalue weighted by molar-refractivity contribution is 5.92. The molecule has 0 fully saturated rings.